The van der Waals surface area contributed by atoms with E-state index < -0.39 is 5.97 Å². The molecule has 0 saturated heterocycles. The van der Waals surface area contributed by atoms with E-state index in [1.165, 1.54) is 26.4 Å². The molecule has 0 spiro atoms. The van der Waals surface area contributed by atoms with Crippen molar-refractivity contribution in [2.45, 2.75) is 0 Å². The minimum absolute atomic E-state index is 0.206. The molecule has 0 saturated carbocycles. The lowest BCUT2D eigenvalue weighted by Gasteiger charge is -2.13. The normalized spacial score (nSPS) is 9.96. The highest BCUT2D eigenvalue weighted by molar-refractivity contribution is 5.90. The van der Waals surface area contributed by atoms with Gasteiger partial charge in [-0.25, -0.2) is 4.79 Å². The highest BCUT2D eigenvalue weighted by Crippen LogP contribution is 2.28. The molecule has 0 aliphatic heterocycles. The van der Waals surface area contributed by atoms with Gasteiger partial charge in [0.2, 0.25) is 0 Å². The second-order valence-corrected chi connectivity index (χ2v) is 5.50. The lowest BCUT2D eigenvalue weighted by Crippen LogP contribution is -2.32. The highest BCUT2D eigenvalue weighted by Gasteiger charge is 2.12. The van der Waals surface area contributed by atoms with Crippen LogP contribution in [0.2, 0.25) is 0 Å². The molecule has 0 fully saturated rings. The van der Waals surface area contributed by atoms with Crippen LogP contribution in [0.25, 0.3) is 0 Å². The largest absolute Gasteiger partial charge is 0.493 e. The summed E-state index contributed by atoms with van der Waals surface area (Å²) in [7, 11) is 4.30. The average Bonchev–Trinajstić information content (AvgIpc) is 2.74. The first kappa shape index (κ1) is 20.9. The molecule has 1 amide bonds. The van der Waals surface area contributed by atoms with Crippen molar-refractivity contribution in [1.29, 1.82) is 0 Å². The van der Waals surface area contributed by atoms with Crippen LogP contribution >= 0.6 is 0 Å². The minimum Gasteiger partial charge on any atom is -0.493 e. The summed E-state index contributed by atoms with van der Waals surface area (Å²) in [5.74, 6) is 1.09. The summed E-state index contributed by atoms with van der Waals surface area (Å²) in [6.45, 7) is 0.379. The van der Waals surface area contributed by atoms with Crippen LogP contribution < -0.4 is 24.3 Å². The number of para-hydroxylation sites is 2. The molecular weight excluding hydrogens is 366 g/mol. The van der Waals surface area contributed by atoms with Crippen LogP contribution in [0.5, 0.6) is 23.0 Å². The quantitative estimate of drug-likeness (QED) is 0.491. The van der Waals surface area contributed by atoms with Gasteiger partial charge in [0.05, 0.1) is 33.4 Å². The lowest BCUT2D eigenvalue weighted by atomic mass is 10.2. The standard InChI is InChI=1S/C20H23NO7/c1-24-15-6-4-5-7-16(15)27-11-10-21-19(22)13-28-17-9-8-14(20(23)26-3)12-18(17)25-2/h4-9,12H,10-11,13H2,1-3H3,(H,21,22). The Morgan fingerprint density at radius 2 is 1.54 bits per heavy atom. The molecule has 8 heteroatoms. The topological polar surface area (TPSA) is 92.3 Å². The van der Waals surface area contributed by atoms with Crippen LogP contribution in [-0.2, 0) is 9.53 Å². The molecule has 0 radical (unpaired) electrons. The minimum atomic E-state index is -0.488. The molecule has 2 rings (SSSR count). The molecule has 0 atom stereocenters. The Hall–Kier alpha value is -3.42. The Morgan fingerprint density at radius 3 is 2.21 bits per heavy atom. The Kier molecular flexibility index (Phi) is 7.95. The van der Waals surface area contributed by atoms with Gasteiger partial charge in [0.1, 0.15) is 6.61 Å². The van der Waals surface area contributed by atoms with E-state index in [0.717, 1.165) is 0 Å². The zero-order valence-corrected chi connectivity index (χ0v) is 16.0. The van der Waals surface area contributed by atoms with Gasteiger partial charge in [0, 0.05) is 0 Å². The number of hydrogen-bond acceptors (Lipinski definition) is 7. The zero-order valence-electron chi connectivity index (χ0n) is 16.0. The summed E-state index contributed by atoms with van der Waals surface area (Å²) >= 11 is 0. The van der Waals surface area contributed by atoms with E-state index in [1.807, 2.05) is 12.1 Å². The van der Waals surface area contributed by atoms with E-state index in [2.05, 4.69) is 10.1 Å². The van der Waals surface area contributed by atoms with Crippen molar-refractivity contribution >= 4 is 11.9 Å². The second-order valence-electron chi connectivity index (χ2n) is 5.50. The maximum Gasteiger partial charge on any atom is 0.337 e. The Labute approximate surface area is 163 Å². The fourth-order valence-corrected chi connectivity index (χ4v) is 2.32. The predicted octanol–water partition coefficient (Wildman–Crippen LogP) is 2.06. The summed E-state index contributed by atoms with van der Waals surface area (Å²) in [5.41, 5.74) is 0.324. The number of rotatable bonds is 10. The lowest BCUT2D eigenvalue weighted by molar-refractivity contribution is -0.123. The van der Waals surface area contributed by atoms with Crippen molar-refractivity contribution < 1.29 is 33.3 Å². The van der Waals surface area contributed by atoms with Crippen LogP contribution in [0.1, 0.15) is 10.4 Å². The van der Waals surface area contributed by atoms with Crippen molar-refractivity contribution in [2.75, 3.05) is 41.1 Å². The van der Waals surface area contributed by atoms with Gasteiger partial charge in [-0.2, -0.15) is 0 Å². The van der Waals surface area contributed by atoms with E-state index in [9.17, 15) is 9.59 Å². The third kappa shape index (κ3) is 5.80. The predicted molar refractivity (Wildman–Crippen MR) is 101 cm³/mol. The molecule has 0 aliphatic carbocycles. The van der Waals surface area contributed by atoms with Crippen molar-refractivity contribution in [3.05, 3.63) is 48.0 Å². The van der Waals surface area contributed by atoms with Gasteiger partial charge in [-0.3, -0.25) is 4.79 Å². The van der Waals surface area contributed by atoms with Gasteiger partial charge in [0.25, 0.3) is 5.91 Å². The number of carbonyl (C=O) groups excluding carboxylic acids is 2. The summed E-state index contributed by atoms with van der Waals surface area (Å²) in [5, 5.41) is 2.69. The molecule has 150 valence electrons. The molecule has 28 heavy (non-hydrogen) atoms. The number of methoxy groups -OCH3 is 3. The number of hydrogen-bond donors (Lipinski definition) is 1. The third-order valence-electron chi connectivity index (χ3n) is 3.69. The SMILES string of the molecule is COC(=O)c1ccc(OCC(=O)NCCOc2ccccc2OC)c(OC)c1. The molecule has 0 aliphatic rings. The van der Waals surface area contributed by atoms with Gasteiger partial charge in [-0.1, -0.05) is 12.1 Å². The van der Waals surface area contributed by atoms with Gasteiger partial charge in [-0.15, -0.1) is 0 Å². The van der Waals surface area contributed by atoms with Crippen LogP contribution in [0.15, 0.2) is 42.5 Å². The highest BCUT2D eigenvalue weighted by atomic mass is 16.5. The molecule has 8 nitrogen and oxygen atoms in total. The fourth-order valence-electron chi connectivity index (χ4n) is 2.32. The molecule has 0 bridgehead atoms. The first-order valence-electron chi connectivity index (χ1n) is 8.50. The van der Waals surface area contributed by atoms with Gasteiger partial charge in [-0.05, 0) is 30.3 Å². The summed E-state index contributed by atoms with van der Waals surface area (Å²) in [6.07, 6.45) is 0. The Bertz CT molecular complexity index is 807. The first-order chi connectivity index (χ1) is 13.6. The third-order valence-corrected chi connectivity index (χ3v) is 3.69. The summed E-state index contributed by atoms with van der Waals surface area (Å²) < 4.78 is 26.1. The van der Waals surface area contributed by atoms with E-state index >= 15 is 0 Å². The maximum absolute atomic E-state index is 11.9. The van der Waals surface area contributed by atoms with Crippen molar-refractivity contribution in [3.8, 4) is 23.0 Å². The van der Waals surface area contributed by atoms with Crippen molar-refractivity contribution in [2.24, 2.45) is 0 Å². The van der Waals surface area contributed by atoms with Crippen LogP contribution in [0, 0.1) is 0 Å². The smallest absolute Gasteiger partial charge is 0.337 e. The first-order valence-corrected chi connectivity index (χ1v) is 8.50. The number of carbonyl (C=O) groups is 2. The number of amides is 1. The zero-order chi connectivity index (χ0) is 20.4. The van der Waals surface area contributed by atoms with Crippen LogP contribution in [0.4, 0.5) is 0 Å². The summed E-state index contributed by atoms with van der Waals surface area (Å²) in [4.78, 5) is 23.5. The Morgan fingerprint density at radius 1 is 0.857 bits per heavy atom. The molecule has 2 aromatic carbocycles. The molecule has 0 aromatic heterocycles. The van der Waals surface area contributed by atoms with Crippen LogP contribution in [0.3, 0.4) is 0 Å². The van der Waals surface area contributed by atoms with E-state index in [4.69, 9.17) is 18.9 Å². The van der Waals surface area contributed by atoms with E-state index in [0.29, 0.717) is 35.1 Å². The number of ether oxygens (including phenoxy) is 5. The molecule has 0 heterocycles. The summed E-state index contributed by atoms with van der Waals surface area (Å²) in [6, 6.07) is 11.8. The molecule has 0 unspecified atom stereocenters. The monoisotopic (exact) mass is 389 g/mol. The van der Waals surface area contributed by atoms with Gasteiger partial charge in [0.15, 0.2) is 29.6 Å². The fraction of sp³-hybridized carbons (Fsp3) is 0.300. The second kappa shape index (κ2) is 10.7. The average molecular weight is 389 g/mol. The maximum atomic E-state index is 11.9. The van der Waals surface area contributed by atoms with Gasteiger partial charge >= 0.3 is 5.97 Å². The van der Waals surface area contributed by atoms with E-state index in [1.54, 1.807) is 25.3 Å². The molecular formula is C20H23NO7. The van der Waals surface area contributed by atoms with Crippen molar-refractivity contribution in [1.82, 2.24) is 5.32 Å². The number of esters is 1. The number of nitrogens with one attached hydrogen (secondary N) is 1. The number of benzene rings is 2. The Balaban J connectivity index is 1.78. The van der Waals surface area contributed by atoms with Crippen molar-refractivity contribution in [3.63, 3.8) is 0 Å². The van der Waals surface area contributed by atoms with Gasteiger partial charge < -0.3 is 29.0 Å². The molecule has 1 N–H and O–H groups in total. The van der Waals surface area contributed by atoms with E-state index in [-0.39, 0.29) is 19.1 Å². The molecule has 2 aromatic rings. The van der Waals surface area contributed by atoms with Crippen LogP contribution in [-0.4, -0.2) is 53.0 Å².